The van der Waals surface area contributed by atoms with Crippen LogP contribution in [0.25, 0.3) is 5.65 Å². The van der Waals surface area contributed by atoms with E-state index in [1.54, 1.807) is 21.2 Å². The van der Waals surface area contributed by atoms with Gasteiger partial charge in [0.05, 0.1) is 5.69 Å². The second kappa shape index (κ2) is 6.50. The average molecular weight is 363 g/mol. The smallest absolute Gasteiger partial charge is 0.260 e. The lowest BCUT2D eigenvalue weighted by Crippen LogP contribution is -2.52. The Morgan fingerprint density at radius 1 is 1.07 bits per heavy atom. The summed E-state index contributed by atoms with van der Waals surface area (Å²) in [6.45, 7) is 6.63. The lowest BCUT2D eigenvalue weighted by atomic mass is 10.1. The molecule has 0 saturated carbocycles. The summed E-state index contributed by atoms with van der Waals surface area (Å²) in [5.74, 6) is -0.281. The minimum atomic E-state index is -0.193. The van der Waals surface area contributed by atoms with Gasteiger partial charge in [-0.2, -0.15) is 5.10 Å². The number of carbonyl (C=O) groups excluding carboxylic acids is 2. The van der Waals surface area contributed by atoms with Crippen LogP contribution in [0.1, 0.15) is 27.4 Å². The van der Waals surface area contributed by atoms with Gasteiger partial charge in [-0.25, -0.2) is 9.50 Å². The van der Waals surface area contributed by atoms with Gasteiger partial charge in [0.25, 0.3) is 5.91 Å². The van der Waals surface area contributed by atoms with E-state index in [-0.39, 0.29) is 18.4 Å². The number of carbonyl (C=O) groups is 2. The molecule has 1 fully saturated rings. The SMILES string of the molecule is Cc1cc(C)n2nc(C)c(C(=O)N3CCN(c4ccccc4)C(=O)C3)c2n1. The number of aryl methyl sites for hydroxylation is 3. The van der Waals surface area contributed by atoms with E-state index in [1.165, 1.54) is 0 Å². The highest BCUT2D eigenvalue weighted by Crippen LogP contribution is 2.21. The zero-order chi connectivity index (χ0) is 19.1. The molecule has 1 saturated heterocycles. The molecule has 27 heavy (non-hydrogen) atoms. The first-order valence-electron chi connectivity index (χ1n) is 8.94. The van der Waals surface area contributed by atoms with Crippen LogP contribution in [-0.2, 0) is 4.79 Å². The van der Waals surface area contributed by atoms with Crippen LogP contribution in [0.4, 0.5) is 5.69 Å². The van der Waals surface area contributed by atoms with Crippen LogP contribution in [0.5, 0.6) is 0 Å². The summed E-state index contributed by atoms with van der Waals surface area (Å²) < 4.78 is 1.69. The maximum Gasteiger partial charge on any atom is 0.260 e. The van der Waals surface area contributed by atoms with Crippen LogP contribution in [-0.4, -0.2) is 50.9 Å². The van der Waals surface area contributed by atoms with Crippen molar-refractivity contribution in [1.82, 2.24) is 19.5 Å². The third-order valence-corrected chi connectivity index (χ3v) is 4.86. The molecule has 2 amide bonds. The molecule has 0 unspecified atom stereocenters. The van der Waals surface area contributed by atoms with Crippen molar-refractivity contribution in [1.29, 1.82) is 0 Å². The molecule has 3 heterocycles. The van der Waals surface area contributed by atoms with Gasteiger partial charge in [0.2, 0.25) is 5.91 Å². The Labute approximate surface area is 157 Å². The molecule has 0 aliphatic carbocycles. The predicted molar refractivity (Wildman–Crippen MR) is 102 cm³/mol. The fraction of sp³-hybridized carbons (Fsp3) is 0.300. The molecule has 4 rings (SSSR count). The Morgan fingerprint density at radius 2 is 1.81 bits per heavy atom. The van der Waals surface area contributed by atoms with Crippen LogP contribution >= 0.6 is 0 Å². The van der Waals surface area contributed by atoms with Crippen molar-refractivity contribution < 1.29 is 9.59 Å². The van der Waals surface area contributed by atoms with E-state index in [9.17, 15) is 9.59 Å². The third-order valence-electron chi connectivity index (χ3n) is 4.86. The van der Waals surface area contributed by atoms with Crippen LogP contribution in [0.3, 0.4) is 0 Å². The van der Waals surface area contributed by atoms with Gasteiger partial charge < -0.3 is 9.80 Å². The zero-order valence-corrected chi connectivity index (χ0v) is 15.6. The summed E-state index contributed by atoms with van der Waals surface area (Å²) in [6, 6.07) is 11.5. The van der Waals surface area contributed by atoms with Crippen molar-refractivity contribution in [3.63, 3.8) is 0 Å². The van der Waals surface area contributed by atoms with Crippen LogP contribution in [0.15, 0.2) is 36.4 Å². The Kier molecular flexibility index (Phi) is 4.14. The van der Waals surface area contributed by atoms with Crippen molar-refractivity contribution >= 4 is 23.1 Å². The number of piperazine rings is 1. The highest BCUT2D eigenvalue weighted by atomic mass is 16.2. The van der Waals surface area contributed by atoms with Gasteiger partial charge >= 0.3 is 0 Å². The number of benzene rings is 1. The van der Waals surface area contributed by atoms with Crippen LogP contribution in [0, 0.1) is 20.8 Å². The Balaban J connectivity index is 1.63. The number of para-hydroxylation sites is 1. The number of fused-ring (bicyclic) bond motifs is 1. The third kappa shape index (κ3) is 2.95. The highest BCUT2D eigenvalue weighted by Gasteiger charge is 2.31. The second-order valence-electron chi connectivity index (χ2n) is 6.84. The Morgan fingerprint density at radius 3 is 2.52 bits per heavy atom. The number of anilines is 1. The van der Waals surface area contributed by atoms with E-state index in [4.69, 9.17) is 0 Å². The number of amides is 2. The monoisotopic (exact) mass is 363 g/mol. The normalized spacial score (nSPS) is 14.9. The molecule has 7 nitrogen and oxygen atoms in total. The van der Waals surface area contributed by atoms with Crippen molar-refractivity contribution in [3.8, 4) is 0 Å². The molecule has 0 atom stereocenters. The molecule has 2 aromatic heterocycles. The Bertz CT molecular complexity index is 1040. The maximum absolute atomic E-state index is 13.2. The molecule has 0 spiro atoms. The highest BCUT2D eigenvalue weighted by molar-refractivity contribution is 6.05. The van der Waals surface area contributed by atoms with E-state index in [0.717, 1.165) is 17.1 Å². The lowest BCUT2D eigenvalue weighted by Gasteiger charge is -2.34. The molecule has 7 heteroatoms. The summed E-state index contributed by atoms with van der Waals surface area (Å²) in [5.41, 5.74) is 4.26. The quantitative estimate of drug-likeness (QED) is 0.699. The first-order valence-corrected chi connectivity index (χ1v) is 8.94. The Hall–Kier alpha value is -3.22. The largest absolute Gasteiger partial charge is 0.327 e. The summed E-state index contributed by atoms with van der Waals surface area (Å²) in [6.07, 6.45) is 0. The summed E-state index contributed by atoms with van der Waals surface area (Å²) in [5, 5.41) is 4.46. The first kappa shape index (κ1) is 17.2. The van der Waals surface area contributed by atoms with E-state index in [2.05, 4.69) is 10.1 Å². The van der Waals surface area contributed by atoms with E-state index >= 15 is 0 Å². The number of rotatable bonds is 2. The van der Waals surface area contributed by atoms with Gasteiger partial charge in [-0.15, -0.1) is 0 Å². The van der Waals surface area contributed by atoms with Crippen LogP contribution in [0.2, 0.25) is 0 Å². The van der Waals surface area contributed by atoms with Gasteiger partial charge in [0.15, 0.2) is 5.65 Å². The van der Waals surface area contributed by atoms with Gasteiger partial charge in [-0.1, -0.05) is 18.2 Å². The van der Waals surface area contributed by atoms with Gasteiger partial charge in [0.1, 0.15) is 12.1 Å². The summed E-state index contributed by atoms with van der Waals surface area (Å²) >= 11 is 0. The van der Waals surface area contributed by atoms with E-state index in [0.29, 0.717) is 30.0 Å². The van der Waals surface area contributed by atoms with Gasteiger partial charge in [-0.05, 0) is 39.0 Å². The average Bonchev–Trinajstić information content (AvgIpc) is 2.98. The number of hydrogen-bond donors (Lipinski definition) is 0. The van der Waals surface area contributed by atoms with Crippen molar-refractivity contribution in [2.75, 3.05) is 24.5 Å². The maximum atomic E-state index is 13.2. The summed E-state index contributed by atoms with van der Waals surface area (Å²) in [4.78, 5) is 33.6. The van der Waals surface area contributed by atoms with Crippen molar-refractivity contribution in [3.05, 3.63) is 59.0 Å². The fourth-order valence-corrected chi connectivity index (χ4v) is 3.56. The van der Waals surface area contributed by atoms with E-state index in [1.807, 2.05) is 50.2 Å². The number of aromatic nitrogens is 3. The molecule has 1 aromatic carbocycles. The number of hydrogen-bond acceptors (Lipinski definition) is 4. The number of nitrogens with zero attached hydrogens (tertiary/aromatic N) is 5. The minimum absolute atomic E-state index is 0.0509. The van der Waals surface area contributed by atoms with Crippen LogP contribution < -0.4 is 4.90 Å². The fourth-order valence-electron chi connectivity index (χ4n) is 3.56. The molecular weight excluding hydrogens is 342 g/mol. The molecule has 1 aliphatic rings. The van der Waals surface area contributed by atoms with Crippen molar-refractivity contribution in [2.45, 2.75) is 20.8 Å². The van der Waals surface area contributed by atoms with Gasteiger partial charge in [-0.3, -0.25) is 9.59 Å². The molecule has 0 radical (unpaired) electrons. The van der Waals surface area contributed by atoms with Crippen molar-refractivity contribution in [2.24, 2.45) is 0 Å². The summed E-state index contributed by atoms with van der Waals surface area (Å²) in [7, 11) is 0. The lowest BCUT2D eigenvalue weighted by molar-refractivity contribution is -0.120. The predicted octanol–water partition coefficient (Wildman–Crippen LogP) is 2.14. The minimum Gasteiger partial charge on any atom is -0.327 e. The first-order chi connectivity index (χ1) is 13.0. The molecule has 138 valence electrons. The molecule has 1 aliphatic heterocycles. The molecule has 0 N–H and O–H groups in total. The molecule has 3 aromatic rings. The second-order valence-corrected chi connectivity index (χ2v) is 6.84. The molecular formula is C20H21N5O2. The van der Waals surface area contributed by atoms with Gasteiger partial charge in [0, 0.05) is 30.2 Å². The van der Waals surface area contributed by atoms with E-state index < -0.39 is 0 Å². The standard InChI is InChI=1S/C20H21N5O2/c1-13-11-14(2)25-19(21-13)18(15(3)22-25)20(27)23-9-10-24(17(26)12-23)16-7-5-4-6-8-16/h4-8,11H,9-10,12H2,1-3H3. The zero-order valence-electron chi connectivity index (χ0n) is 15.6. The topological polar surface area (TPSA) is 70.8 Å². The molecule has 0 bridgehead atoms.